The Morgan fingerprint density at radius 3 is 3.29 bits per heavy atom. The van der Waals surface area contributed by atoms with Gasteiger partial charge in [0.05, 0.1) is 5.55 Å². The second-order valence-electron chi connectivity index (χ2n) is 0.940. The fourth-order valence-electron chi connectivity index (χ4n) is 0.245. The number of aliphatic imine (C=N–C) groups is 2. The molecule has 0 fully saturated rings. The van der Waals surface area contributed by atoms with Gasteiger partial charge in [0.1, 0.15) is 6.34 Å². The Kier molecular flexibility index (Phi) is 1.69. The van der Waals surface area contributed by atoms with Crippen molar-refractivity contribution in [2.45, 2.75) is 0 Å². The molecule has 1 aliphatic heterocycles. The monoisotopic (exact) mass is 112 g/mol. The largest absolute Gasteiger partial charge is 0.244 e. The van der Waals surface area contributed by atoms with Crippen LogP contribution in [0.3, 0.4) is 0 Å². The zero-order valence-electron chi connectivity index (χ0n) is 3.61. The third-order valence-electron chi connectivity index (χ3n) is 0.481. The average molecular weight is 112 g/mol. The molecule has 0 aromatic carbocycles. The smallest absolute Gasteiger partial charge is 0.115 e. The summed E-state index contributed by atoms with van der Waals surface area (Å²) in [4.78, 5) is 7.50. The number of thioether (sulfide) groups is 1. The van der Waals surface area contributed by atoms with Crippen LogP contribution < -0.4 is 0 Å². The number of hydrogen-bond acceptors (Lipinski definition) is 3. The summed E-state index contributed by atoms with van der Waals surface area (Å²) in [7, 11) is 0. The fraction of sp³-hybridized carbons (Fsp3) is 0. The molecule has 0 spiro atoms. The summed E-state index contributed by atoms with van der Waals surface area (Å²) in [6.45, 7) is 0. The van der Waals surface area contributed by atoms with Crippen LogP contribution in [-0.4, -0.2) is 11.9 Å². The third-order valence-corrected chi connectivity index (χ3v) is 1.00. The number of nitrogens with zero attached hydrogens (tertiary/aromatic N) is 2. The lowest BCUT2D eigenvalue weighted by Crippen LogP contribution is -1.57. The molecule has 0 amide bonds. The Balaban J connectivity index is 2.60. The summed E-state index contributed by atoms with van der Waals surface area (Å²) in [6, 6.07) is 0. The van der Waals surface area contributed by atoms with Gasteiger partial charge in [-0.15, -0.1) is 0 Å². The van der Waals surface area contributed by atoms with Crippen LogP contribution in [0.15, 0.2) is 21.6 Å². The minimum absolute atomic E-state index is 1.51. The van der Waals surface area contributed by atoms with E-state index in [1.54, 1.807) is 11.7 Å². The molecule has 7 heavy (non-hydrogen) atoms. The lowest BCUT2D eigenvalue weighted by Gasteiger charge is -1.67. The molecule has 0 unspecified atom stereocenters. The van der Waals surface area contributed by atoms with E-state index in [2.05, 4.69) is 9.98 Å². The van der Waals surface area contributed by atoms with Crippen molar-refractivity contribution >= 4 is 23.6 Å². The normalized spacial score (nSPS) is 17.1. The van der Waals surface area contributed by atoms with Gasteiger partial charge in [-0.2, -0.15) is 0 Å². The SMILES string of the molecule is C1=CSC=NC=N1. The topological polar surface area (TPSA) is 24.7 Å². The van der Waals surface area contributed by atoms with Crippen molar-refractivity contribution in [3.05, 3.63) is 11.6 Å². The van der Waals surface area contributed by atoms with Crippen LogP contribution >= 0.6 is 11.8 Å². The number of rotatable bonds is 0. The molecule has 36 valence electrons. The molecular weight excluding hydrogens is 108 g/mol. The van der Waals surface area contributed by atoms with Crippen molar-refractivity contribution in [3.63, 3.8) is 0 Å². The van der Waals surface area contributed by atoms with E-state index in [0.29, 0.717) is 0 Å². The van der Waals surface area contributed by atoms with Gasteiger partial charge in [0.2, 0.25) is 0 Å². The van der Waals surface area contributed by atoms with Gasteiger partial charge >= 0.3 is 0 Å². The van der Waals surface area contributed by atoms with E-state index >= 15 is 0 Å². The Hall–Kier alpha value is -0.570. The van der Waals surface area contributed by atoms with Gasteiger partial charge in [-0.05, 0) is 5.41 Å². The molecule has 1 heterocycles. The first kappa shape index (κ1) is 4.59. The van der Waals surface area contributed by atoms with Crippen LogP contribution in [0.1, 0.15) is 0 Å². The fourth-order valence-corrected chi connectivity index (χ4v) is 0.580. The first-order chi connectivity index (χ1) is 3.50. The van der Waals surface area contributed by atoms with E-state index in [-0.39, 0.29) is 0 Å². The van der Waals surface area contributed by atoms with Crippen molar-refractivity contribution in [2.24, 2.45) is 9.98 Å². The standard InChI is InChI=1S/C4H4N2S/c1-2-7-4-6-3-5-1/h1-4H. The van der Waals surface area contributed by atoms with E-state index in [9.17, 15) is 0 Å². The molecule has 0 bridgehead atoms. The van der Waals surface area contributed by atoms with Crippen molar-refractivity contribution in [2.75, 3.05) is 0 Å². The van der Waals surface area contributed by atoms with E-state index < -0.39 is 0 Å². The van der Waals surface area contributed by atoms with Gasteiger partial charge < -0.3 is 0 Å². The molecule has 0 aromatic heterocycles. The highest BCUT2D eigenvalue weighted by molar-refractivity contribution is 8.14. The van der Waals surface area contributed by atoms with Crippen molar-refractivity contribution < 1.29 is 0 Å². The van der Waals surface area contributed by atoms with E-state index in [1.165, 1.54) is 18.1 Å². The van der Waals surface area contributed by atoms with Crippen LogP contribution in [0.25, 0.3) is 0 Å². The molecule has 1 aliphatic rings. The predicted molar refractivity (Wildman–Crippen MR) is 33.7 cm³/mol. The van der Waals surface area contributed by atoms with Gasteiger partial charge in [-0.3, -0.25) is 0 Å². The van der Waals surface area contributed by atoms with Crippen LogP contribution in [0.4, 0.5) is 0 Å². The molecule has 0 aliphatic carbocycles. The molecule has 1 rings (SSSR count). The van der Waals surface area contributed by atoms with E-state index in [0.717, 1.165) is 0 Å². The highest BCUT2D eigenvalue weighted by atomic mass is 32.2. The van der Waals surface area contributed by atoms with Gasteiger partial charge in [-0.25, -0.2) is 9.98 Å². The Labute approximate surface area is 46.1 Å². The second kappa shape index (κ2) is 2.58. The zero-order valence-corrected chi connectivity index (χ0v) is 4.43. The summed E-state index contributed by atoms with van der Waals surface area (Å²) in [5.74, 6) is 0. The van der Waals surface area contributed by atoms with Gasteiger partial charge in [0.15, 0.2) is 0 Å². The van der Waals surface area contributed by atoms with Crippen LogP contribution in [0.5, 0.6) is 0 Å². The molecule has 2 nitrogen and oxygen atoms in total. The molecule has 0 atom stereocenters. The predicted octanol–water partition coefficient (Wildman–Crippen LogP) is 1.26. The summed E-state index contributed by atoms with van der Waals surface area (Å²) < 4.78 is 0. The highest BCUT2D eigenvalue weighted by Crippen LogP contribution is 1.97. The minimum atomic E-state index is 1.51. The number of hydrogen-bond donors (Lipinski definition) is 0. The lowest BCUT2D eigenvalue weighted by atomic mass is 11.0. The van der Waals surface area contributed by atoms with Crippen LogP contribution in [0.2, 0.25) is 0 Å². The van der Waals surface area contributed by atoms with Gasteiger partial charge in [0, 0.05) is 6.20 Å². The lowest BCUT2D eigenvalue weighted by molar-refractivity contribution is 1.58. The van der Waals surface area contributed by atoms with Gasteiger partial charge in [-0.1, -0.05) is 11.8 Å². The molecule has 3 heteroatoms. The maximum Gasteiger partial charge on any atom is 0.115 e. The first-order valence-electron chi connectivity index (χ1n) is 1.84. The van der Waals surface area contributed by atoms with Crippen molar-refractivity contribution in [3.8, 4) is 0 Å². The Morgan fingerprint density at radius 1 is 1.29 bits per heavy atom. The third kappa shape index (κ3) is 1.55. The summed E-state index contributed by atoms with van der Waals surface area (Å²) in [5, 5.41) is 1.87. The van der Waals surface area contributed by atoms with E-state index in [1.807, 2.05) is 5.41 Å². The average Bonchev–Trinajstić information content (AvgIpc) is 1.90. The molecule has 0 aromatic rings. The molecule has 0 radical (unpaired) electrons. The molecule has 0 N–H and O–H groups in total. The summed E-state index contributed by atoms with van der Waals surface area (Å²) >= 11 is 1.52. The van der Waals surface area contributed by atoms with Crippen molar-refractivity contribution in [1.82, 2.24) is 0 Å². The molecule has 0 saturated heterocycles. The van der Waals surface area contributed by atoms with Crippen LogP contribution in [0, 0.1) is 0 Å². The Bertz CT molecular complexity index is 112. The quantitative estimate of drug-likeness (QED) is 0.463. The van der Waals surface area contributed by atoms with E-state index in [4.69, 9.17) is 0 Å². The first-order valence-corrected chi connectivity index (χ1v) is 2.78. The van der Waals surface area contributed by atoms with Gasteiger partial charge in [0.25, 0.3) is 0 Å². The highest BCUT2D eigenvalue weighted by Gasteiger charge is 1.72. The zero-order chi connectivity index (χ0) is 4.95. The minimum Gasteiger partial charge on any atom is -0.244 e. The second-order valence-corrected chi connectivity index (χ2v) is 1.70. The van der Waals surface area contributed by atoms with Crippen LogP contribution in [-0.2, 0) is 0 Å². The molecular formula is C4H4N2S. The summed E-state index contributed by atoms with van der Waals surface area (Å²) in [5.41, 5.74) is 1.73. The van der Waals surface area contributed by atoms with Crippen molar-refractivity contribution in [1.29, 1.82) is 0 Å². The maximum atomic E-state index is 3.75. The maximum absolute atomic E-state index is 3.75. The Morgan fingerprint density at radius 2 is 2.29 bits per heavy atom. The molecule has 0 saturated carbocycles. The summed E-state index contributed by atoms with van der Waals surface area (Å²) in [6.07, 6.45) is 3.22.